The van der Waals surface area contributed by atoms with Gasteiger partial charge in [0.2, 0.25) is 0 Å². The number of nitrogens with zero attached hydrogens (tertiary/aromatic N) is 2. The lowest BCUT2D eigenvalue weighted by Gasteiger charge is -2.28. The van der Waals surface area contributed by atoms with Gasteiger partial charge >= 0.3 is 6.09 Å². The van der Waals surface area contributed by atoms with Crippen molar-refractivity contribution in [1.82, 2.24) is 9.55 Å². The molecule has 38 heavy (non-hydrogen) atoms. The van der Waals surface area contributed by atoms with Crippen LogP contribution in [0, 0.1) is 11.6 Å². The molecule has 3 aromatic carbocycles. The molecule has 6 nitrogen and oxygen atoms in total. The summed E-state index contributed by atoms with van der Waals surface area (Å²) >= 11 is 12.5. The fraction of sp³-hybridized carbons (Fsp3) is 0.214. The maximum atomic E-state index is 14.8. The van der Waals surface area contributed by atoms with E-state index in [1.165, 1.54) is 18.2 Å². The summed E-state index contributed by atoms with van der Waals surface area (Å²) in [5, 5.41) is 11.6. The fourth-order valence-corrected chi connectivity index (χ4v) is 4.85. The van der Waals surface area contributed by atoms with Crippen LogP contribution in [0.5, 0.6) is 5.75 Å². The number of amides is 1. The Morgan fingerprint density at radius 1 is 1.05 bits per heavy atom. The van der Waals surface area contributed by atoms with E-state index in [-0.39, 0.29) is 28.5 Å². The van der Waals surface area contributed by atoms with E-state index in [1.807, 2.05) is 30.5 Å². The number of benzene rings is 3. The molecule has 0 atom stereocenters. The highest BCUT2D eigenvalue weighted by Crippen LogP contribution is 2.38. The number of halogens is 4. The molecule has 0 aliphatic rings. The van der Waals surface area contributed by atoms with Crippen LogP contribution in [-0.2, 0) is 18.3 Å². The third-order valence-electron chi connectivity index (χ3n) is 6.42. The summed E-state index contributed by atoms with van der Waals surface area (Å²) in [6.07, 6.45) is 0.936. The lowest BCUT2D eigenvalue weighted by molar-refractivity contribution is 0.209. The van der Waals surface area contributed by atoms with Crippen molar-refractivity contribution in [3.63, 3.8) is 0 Å². The summed E-state index contributed by atoms with van der Waals surface area (Å²) in [5.74, 6) is 0.151. The Labute approximate surface area is 228 Å². The van der Waals surface area contributed by atoms with Gasteiger partial charge in [-0.1, -0.05) is 43.1 Å². The minimum atomic E-state index is -1.32. The predicted molar refractivity (Wildman–Crippen MR) is 144 cm³/mol. The third-order valence-corrected chi connectivity index (χ3v) is 7.07. The largest absolute Gasteiger partial charge is 0.495 e. The first kappa shape index (κ1) is 27.4. The summed E-state index contributed by atoms with van der Waals surface area (Å²) in [7, 11) is 1.55. The number of aryl methyl sites for hydroxylation is 1. The first-order chi connectivity index (χ1) is 18.0. The van der Waals surface area contributed by atoms with Crippen LogP contribution < -0.4 is 10.1 Å². The first-order valence-corrected chi connectivity index (χ1v) is 12.4. The number of anilines is 1. The second kappa shape index (κ2) is 11.0. The Bertz CT molecular complexity index is 1460. The lowest BCUT2D eigenvalue weighted by atomic mass is 9.81. The molecule has 4 aromatic rings. The molecule has 0 fully saturated rings. The third kappa shape index (κ3) is 5.61. The standard InChI is InChI=1S/C28H25Cl2F2N3O3/c1-28(2,16-4-10-21(29)24(12-16)38-3)25-15-33-26(35(25)19-7-5-17(31)6-8-19)11-9-20-22(30)13-18(14-23(20)32)34-27(36)37/h4-8,10,12-15,34H,9,11H2,1-3H3,(H,36,37). The lowest BCUT2D eigenvalue weighted by Crippen LogP contribution is -2.23. The van der Waals surface area contributed by atoms with Crippen molar-refractivity contribution in [1.29, 1.82) is 0 Å². The molecule has 0 bridgehead atoms. The maximum absolute atomic E-state index is 14.8. The smallest absolute Gasteiger partial charge is 0.409 e. The van der Waals surface area contributed by atoms with Crippen LogP contribution in [0.25, 0.3) is 5.69 Å². The summed E-state index contributed by atoms with van der Waals surface area (Å²) < 4.78 is 35.9. The molecule has 0 aliphatic carbocycles. The molecule has 0 unspecified atom stereocenters. The Balaban J connectivity index is 1.75. The zero-order chi connectivity index (χ0) is 27.6. The zero-order valence-electron chi connectivity index (χ0n) is 20.9. The van der Waals surface area contributed by atoms with Crippen molar-refractivity contribution < 1.29 is 23.4 Å². The van der Waals surface area contributed by atoms with Gasteiger partial charge in [-0.3, -0.25) is 9.88 Å². The van der Waals surface area contributed by atoms with Crippen molar-refractivity contribution in [2.75, 3.05) is 12.4 Å². The van der Waals surface area contributed by atoms with Gasteiger partial charge in [-0.05, 0) is 60.5 Å². The van der Waals surface area contributed by atoms with E-state index in [0.29, 0.717) is 28.7 Å². The van der Waals surface area contributed by atoms with Gasteiger partial charge in [0.1, 0.15) is 23.2 Å². The number of carbonyl (C=O) groups is 1. The van der Waals surface area contributed by atoms with Crippen LogP contribution in [0.4, 0.5) is 19.3 Å². The second-order valence-corrected chi connectivity index (χ2v) is 10.0. The van der Waals surface area contributed by atoms with E-state index in [2.05, 4.69) is 10.3 Å². The number of hydrogen-bond acceptors (Lipinski definition) is 3. The van der Waals surface area contributed by atoms with Gasteiger partial charge in [0.15, 0.2) is 0 Å². The van der Waals surface area contributed by atoms with E-state index in [4.69, 9.17) is 33.0 Å². The quantitative estimate of drug-likeness (QED) is 0.232. The molecule has 0 aliphatic heterocycles. The molecule has 1 heterocycles. The number of ether oxygens (including phenoxy) is 1. The Kier molecular flexibility index (Phi) is 7.94. The molecule has 0 spiro atoms. The van der Waals surface area contributed by atoms with E-state index in [9.17, 15) is 13.6 Å². The molecule has 0 saturated carbocycles. The summed E-state index contributed by atoms with van der Waals surface area (Å²) in [6.45, 7) is 4.06. The fourth-order valence-electron chi connectivity index (χ4n) is 4.36. The average Bonchev–Trinajstić information content (AvgIpc) is 3.28. The number of imidazole rings is 1. The van der Waals surface area contributed by atoms with Gasteiger partial charge in [0.25, 0.3) is 0 Å². The van der Waals surface area contributed by atoms with Gasteiger partial charge in [-0.25, -0.2) is 18.6 Å². The molecular weight excluding hydrogens is 535 g/mol. The van der Waals surface area contributed by atoms with Crippen molar-refractivity contribution in [2.45, 2.75) is 32.1 Å². The van der Waals surface area contributed by atoms with Gasteiger partial charge in [0.05, 0.1) is 17.8 Å². The van der Waals surface area contributed by atoms with Crippen molar-refractivity contribution >= 4 is 35.0 Å². The van der Waals surface area contributed by atoms with Gasteiger partial charge < -0.3 is 9.84 Å². The zero-order valence-corrected chi connectivity index (χ0v) is 22.4. The monoisotopic (exact) mass is 559 g/mol. The molecule has 4 rings (SSSR count). The van der Waals surface area contributed by atoms with Crippen LogP contribution in [0.3, 0.4) is 0 Å². The van der Waals surface area contributed by atoms with Crippen LogP contribution >= 0.6 is 23.2 Å². The van der Waals surface area contributed by atoms with Crippen LogP contribution in [-0.4, -0.2) is 27.9 Å². The molecule has 10 heteroatoms. The first-order valence-electron chi connectivity index (χ1n) is 11.7. The molecule has 1 amide bonds. The summed E-state index contributed by atoms with van der Waals surface area (Å²) in [4.78, 5) is 15.5. The van der Waals surface area contributed by atoms with Crippen molar-refractivity contribution in [3.05, 3.63) is 105 Å². The second-order valence-electron chi connectivity index (χ2n) is 9.19. The molecule has 0 radical (unpaired) electrons. The number of methoxy groups -OCH3 is 1. The summed E-state index contributed by atoms with van der Waals surface area (Å²) in [5.41, 5.74) is 2.12. The SMILES string of the molecule is COc1cc(C(C)(C)c2cnc(CCc3c(F)cc(NC(=O)O)cc3Cl)n2-c2ccc(F)cc2)ccc1Cl. The highest BCUT2D eigenvalue weighted by molar-refractivity contribution is 6.32. The van der Waals surface area contributed by atoms with Gasteiger partial charge in [-0.2, -0.15) is 0 Å². The molecule has 0 saturated heterocycles. The minimum Gasteiger partial charge on any atom is -0.495 e. The Morgan fingerprint density at radius 3 is 2.39 bits per heavy atom. The van der Waals surface area contributed by atoms with E-state index in [0.717, 1.165) is 17.3 Å². The molecular formula is C28H25Cl2F2N3O3. The van der Waals surface area contributed by atoms with E-state index < -0.39 is 17.3 Å². The highest BCUT2D eigenvalue weighted by atomic mass is 35.5. The Hall–Kier alpha value is -3.62. The number of rotatable bonds is 8. The van der Waals surface area contributed by atoms with Crippen molar-refractivity contribution in [3.8, 4) is 11.4 Å². The number of aromatic nitrogens is 2. The minimum absolute atomic E-state index is 0.0407. The normalized spacial score (nSPS) is 11.4. The molecule has 1 aromatic heterocycles. The van der Waals surface area contributed by atoms with E-state index in [1.54, 1.807) is 31.5 Å². The number of hydrogen-bond donors (Lipinski definition) is 2. The molecule has 198 valence electrons. The highest BCUT2D eigenvalue weighted by Gasteiger charge is 2.30. The van der Waals surface area contributed by atoms with Crippen LogP contribution in [0.1, 0.15) is 36.5 Å². The maximum Gasteiger partial charge on any atom is 0.409 e. The van der Waals surface area contributed by atoms with Crippen LogP contribution in [0.2, 0.25) is 10.0 Å². The average molecular weight is 560 g/mol. The van der Waals surface area contributed by atoms with Gasteiger partial charge in [0, 0.05) is 40.0 Å². The number of nitrogens with one attached hydrogen (secondary N) is 1. The van der Waals surface area contributed by atoms with Crippen molar-refractivity contribution in [2.24, 2.45) is 0 Å². The number of carboxylic acid groups (broad SMARTS) is 1. The van der Waals surface area contributed by atoms with Crippen LogP contribution in [0.15, 0.2) is 60.8 Å². The van der Waals surface area contributed by atoms with Gasteiger partial charge in [-0.15, -0.1) is 0 Å². The summed E-state index contributed by atoms with van der Waals surface area (Å²) in [6, 6.07) is 14.0. The van der Waals surface area contributed by atoms with E-state index >= 15 is 0 Å². The predicted octanol–water partition coefficient (Wildman–Crippen LogP) is 7.67. The Morgan fingerprint density at radius 2 is 1.76 bits per heavy atom. The molecule has 2 N–H and O–H groups in total. The topological polar surface area (TPSA) is 76.4 Å².